The van der Waals surface area contributed by atoms with Gasteiger partial charge in [0, 0.05) is 42.6 Å². The van der Waals surface area contributed by atoms with Crippen LogP contribution in [0.15, 0.2) is 42.2 Å². The zero-order valence-electron chi connectivity index (χ0n) is 11.2. The Hall–Kier alpha value is -2.38. The summed E-state index contributed by atoms with van der Waals surface area (Å²) in [4.78, 5) is 17.1. The first-order valence-corrected chi connectivity index (χ1v) is 7.32. The highest BCUT2D eigenvalue weighted by Gasteiger charge is 2.02. The van der Waals surface area contributed by atoms with Crippen LogP contribution < -0.4 is 11.1 Å². The number of hydrogen-bond donors (Lipinski definition) is 2. The van der Waals surface area contributed by atoms with Crippen LogP contribution in [-0.4, -0.2) is 19.9 Å². The third kappa shape index (κ3) is 3.59. The minimum atomic E-state index is 0.592. The molecule has 0 aliphatic heterocycles. The molecule has 3 aromatic heterocycles. The van der Waals surface area contributed by atoms with Gasteiger partial charge in [-0.05, 0) is 12.1 Å². The Morgan fingerprint density at radius 2 is 1.95 bits per heavy atom. The van der Waals surface area contributed by atoms with E-state index in [-0.39, 0.29) is 0 Å². The van der Waals surface area contributed by atoms with Gasteiger partial charge in [-0.3, -0.25) is 4.98 Å². The zero-order chi connectivity index (χ0) is 14.5. The topological polar surface area (TPSA) is 89.6 Å². The molecule has 0 unspecified atom stereocenters. The number of thiazole rings is 1. The lowest BCUT2D eigenvalue weighted by Gasteiger charge is -2.03. The Morgan fingerprint density at radius 3 is 2.62 bits per heavy atom. The predicted octanol–water partition coefficient (Wildman–Crippen LogP) is 1.87. The molecule has 3 rings (SSSR count). The van der Waals surface area contributed by atoms with Gasteiger partial charge in [-0.15, -0.1) is 11.3 Å². The summed E-state index contributed by atoms with van der Waals surface area (Å²) >= 11 is 1.45. The fraction of sp³-hybridized carbons (Fsp3) is 0.143. The molecular formula is C14H14N6S. The molecule has 0 aliphatic carbocycles. The van der Waals surface area contributed by atoms with Gasteiger partial charge in [-0.2, -0.15) is 0 Å². The Kier molecular flexibility index (Phi) is 4.13. The molecule has 0 amide bonds. The number of aromatic nitrogens is 4. The van der Waals surface area contributed by atoms with Crippen molar-refractivity contribution in [1.29, 1.82) is 0 Å². The van der Waals surface area contributed by atoms with Crippen molar-refractivity contribution in [3.63, 3.8) is 0 Å². The van der Waals surface area contributed by atoms with Gasteiger partial charge >= 0.3 is 0 Å². The van der Waals surface area contributed by atoms with Gasteiger partial charge in [-0.25, -0.2) is 15.0 Å². The van der Waals surface area contributed by atoms with Crippen LogP contribution in [0.4, 0.5) is 5.13 Å². The average molecular weight is 298 g/mol. The molecule has 0 fully saturated rings. The molecular weight excluding hydrogens is 284 g/mol. The summed E-state index contributed by atoms with van der Waals surface area (Å²) in [6, 6.07) is 5.67. The molecule has 7 heteroatoms. The number of hydrogen-bond acceptors (Lipinski definition) is 7. The fourth-order valence-corrected chi connectivity index (χ4v) is 2.37. The van der Waals surface area contributed by atoms with Crippen molar-refractivity contribution in [2.75, 3.05) is 5.73 Å². The Morgan fingerprint density at radius 1 is 1.10 bits per heavy atom. The minimum Gasteiger partial charge on any atom is -0.375 e. The highest BCUT2D eigenvalue weighted by atomic mass is 32.1. The van der Waals surface area contributed by atoms with E-state index in [0.29, 0.717) is 24.0 Å². The number of pyridine rings is 1. The van der Waals surface area contributed by atoms with E-state index >= 15 is 0 Å². The maximum atomic E-state index is 5.59. The quantitative estimate of drug-likeness (QED) is 0.747. The monoisotopic (exact) mass is 298 g/mol. The highest BCUT2D eigenvalue weighted by Crippen LogP contribution is 2.11. The molecule has 106 valence electrons. The third-order valence-corrected chi connectivity index (χ3v) is 3.53. The van der Waals surface area contributed by atoms with Crippen LogP contribution in [0.1, 0.15) is 11.3 Å². The van der Waals surface area contributed by atoms with E-state index in [0.717, 1.165) is 17.0 Å². The summed E-state index contributed by atoms with van der Waals surface area (Å²) in [6.07, 6.45) is 5.34. The van der Waals surface area contributed by atoms with Gasteiger partial charge < -0.3 is 11.1 Å². The maximum absolute atomic E-state index is 5.59. The van der Waals surface area contributed by atoms with Gasteiger partial charge in [0.05, 0.1) is 5.69 Å². The van der Waals surface area contributed by atoms with Crippen LogP contribution in [0.5, 0.6) is 0 Å². The number of nitrogens with zero attached hydrogens (tertiary/aromatic N) is 4. The van der Waals surface area contributed by atoms with Crippen molar-refractivity contribution in [2.45, 2.75) is 13.1 Å². The van der Waals surface area contributed by atoms with Crippen molar-refractivity contribution in [3.05, 3.63) is 53.4 Å². The van der Waals surface area contributed by atoms with E-state index in [9.17, 15) is 0 Å². The molecule has 0 aromatic carbocycles. The second-order valence-corrected chi connectivity index (χ2v) is 5.30. The lowest BCUT2D eigenvalue weighted by molar-refractivity contribution is 0.679. The summed E-state index contributed by atoms with van der Waals surface area (Å²) in [6.45, 7) is 1.36. The van der Waals surface area contributed by atoms with Gasteiger partial charge in [0.1, 0.15) is 5.69 Å². The molecule has 3 heterocycles. The number of nitrogens with one attached hydrogen (secondary N) is 1. The number of nitrogens with two attached hydrogens (primary N) is 1. The zero-order valence-corrected chi connectivity index (χ0v) is 12.0. The molecule has 0 bridgehead atoms. The molecule has 0 radical (unpaired) electrons. The predicted molar refractivity (Wildman–Crippen MR) is 82.3 cm³/mol. The summed E-state index contributed by atoms with van der Waals surface area (Å²) in [7, 11) is 0. The minimum absolute atomic E-state index is 0.592. The van der Waals surface area contributed by atoms with Crippen LogP contribution in [0.25, 0.3) is 11.5 Å². The Balaban J connectivity index is 1.57. The smallest absolute Gasteiger partial charge is 0.180 e. The van der Waals surface area contributed by atoms with Crippen LogP contribution >= 0.6 is 11.3 Å². The summed E-state index contributed by atoms with van der Waals surface area (Å²) < 4.78 is 0. The molecule has 0 saturated heterocycles. The standard InChI is InChI=1S/C14H14N6S/c15-14-20-11(9-21-14)8-16-5-10-6-18-13(19-7-10)12-3-1-2-4-17-12/h1-4,6-7,9,16H,5,8H2,(H2,15,20). The lowest BCUT2D eigenvalue weighted by Crippen LogP contribution is -2.13. The summed E-state index contributed by atoms with van der Waals surface area (Å²) in [5.74, 6) is 0.631. The van der Waals surface area contributed by atoms with E-state index in [4.69, 9.17) is 5.73 Å². The van der Waals surface area contributed by atoms with E-state index in [1.54, 1.807) is 18.6 Å². The first-order chi connectivity index (χ1) is 10.3. The van der Waals surface area contributed by atoms with Crippen molar-refractivity contribution in [2.24, 2.45) is 0 Å². The number of anilines is 1. The van der Waals surface area contributed by atoms with Crippen molar-refractivity contribution in [3.8, 4) is 11.5 Å². The molecule has 0 atom stereocenters. The molecule has 21 heavy (non-hydrogen) atoms. The molecule has 3 N–H and O–H groups in total. The van der Waals surface area contributed by atoms with E-state index < -0.39 is 0 Å². The largest absolute Gasteiger partial charge is 0.375 e. The second kappa shape index (κ2) is 6.38. The normalized spacial score (nSPS) is 10.7. The summed E-state index contributed by atoms with van der Waals surface area (Å²) in [5, 5.41) is 5.82. The average Bonchev–Trinajstić information content (AvgIpc) is 2.94. The fourth-order valence-electron chi connectivity index (χ4n) is 1.81. The third-order valence-electron chi connectivity index (χ3n) is 2.80. The Labute approximate surface area is 126 Å². The van der Waals surface area contributed by atoms with Crippen LogP contribution in [0.2, 0.25) is 0 Å². The molecule has 3 aromatic rings. The molecule has 0 aliphatic rings. The Bertz CT molecular complexity index is 695. The van der Waals surface area contributed by atoms with Gasteiger partial charge in [0.25, 0.3) is 0 Å². The van der Waals surface area contributed by atoms with Gasteiger partial charge in [0.15, 0.2) is 11.0 Å². The molecule has 6 nitrogen and oxygen atoms in total. The van der Waals surface area contributed by atoms with E-state index in [2.05, 4.69) is 25.3 Å². The number of nitrogen functional groups attached to an aromatic ring is 1. The maximum Gasteiger partial charge on any atom is 0.180 e. The van der Waals surface area contributed by atoms with Crippen LogP contribution in [0, 0.1) is 0 Å². The SMILES string of the molecule is Nc1nc(CNCc2cnc(-c3ccccn3)nc2)cs1. The first kappa shape index (κ1) is 13.6. The van der Waals surface area contributed by atoms with Crippen LogP contribution in [0.3, 0.4) is 0 Å². The summed E-state index contributed by atoms with van der Waals surface area (Å²) in [5.41, 5.74) is 8.32. The van der Waals surface area contributed by atoms with E-state index in [1.807, 2.05) is 23.6 Å². The van der Waals surface area contributed by atoms with Gasteiger partial charge in [0.2, 0.25) is 0 Å². The number of rotatable bonds is 5. The van der Waals surface area contributed by atoms with Crippen molar-refractivity contribution >= 4 is 16.5 Å². The van der Waals surface area contributed by atoms with Crippen molar-refractivity contribution < 1.29 is 0 Å². The first-order valence-electron chi connectivity index (χ1n) is 6.44. The van der Waals surface area contributed by atoms with E-state index in [1.165, 1.54) is 11.3 Å². The molecule has 0 spiro atoms. The second-order valence-electron chi connectivity index (χ2n) is 4.41. The van der Waals surface area contributed by atoms with Crippen molar-refractivity contribution in [1.82, 2.24) is 25.3 Å². The lowest BCUT2D eigenvalue weighted by atomic mass is 10.3. The highest BCUT2D eigenvalue weighted by molar-refractivity contribution is 7.13. The van der Waals surface area contributed by atoms with Gasteiger partial charge in [-0.1, -0.05) is 6.07 Å². The molecule has 0 saturated carbocycles. The van der Waals surface area contributed by atoms with Crippen LogP contribution in [-0.2, 0) is 13.1 Å².